The molecule has 28 heavy (non-hydrogen) atoms. The van der Waals surface area contributed by atoms with Crippen molar-refractivity contribution in [2.45, 2.75) is 12.8 Å². The first-order valence-electron chi connectivity index (χ1n) is 9.38. The molecule has 0 radical (unpaired) electrons. The van der Waals surface area contributed by atoms with Gasteiger partial charge in [0.05, 0.1) is 5.69 Å². The maximum absolute atomic E-state index is 12.6. The number of nitrogens with one attached hydrogen (secondary N) is 1. The van der Waals surface area contributed by atoms with E-state index in [1.807, 2.05) is 48.5 Å². The van der Waals surface area contributed by atoms with E-state index in [9.17, 15) is 4.79 Å². The number of hydrogen-bond acceptors (Lipinski definition) is 4. The van der Waals surface area contributed by atoms with Gasteiger partial charge in [0.25, 0.3) is 0 Å². The fourth-order valence-electron chi connectivity index (χ4n) is 3.47. The quantitative estimate of drug-likeness (QED) is 0.702. The second kappa shape index (κ2) is 8.40. The summed E-state index contributed by atoms with van der Waals surface area (Å²) >= 11 is 5.99. The minimum atomic E-state index is -0.00865. The number of rotatable bonds is 4. The molecule has 2 heterocycles. The van der Waals surface area contributed by atoms with E-state index < -0.39 is 0 Å². The predicted octanol–water partition coefficient (Wildman–Crippen LogP) is 4.65. The van der Waals surface area contributed by atoms with Crippen LogP contribution in [0.25, 0.3) is 11.3 Å². The lowest BCUT2D eigenvalue weighted by molar-refractivity contribution is -0.120. The number of carbonyl (C=O) groups excluding carboxylic acids is 1. The number of halogens is 1. The van der Waals surface area contributed by atoms with Crippen molar-refractivity contribution in [3.63, 3.8) is 0 Å². The predicted molar refractivity (Wildman–Crippen MR) is 112 cm³/mol. The van der Waals surface area contributed by atoms with Crippen LogP contribution in [0.3, 0.4) is 0 Å². The number of nitrogens with zero attached hydrogens (tertiary/aromatic N) is 3. The highest BCUT2D eigenvalue weighted by molar-refractivity contribution is 6.30. The molecule has 1 amide bonds. The summed E-state index contributed by atoms with van der Waals surface area (Å²) in [4.78, 5) is 23.6. The van der Waals surface area contributed by atoms with Gasteiger partial charge < -0.3 is 10.2 Å². The van der Waals surface area contributed by atoms with Crippen molar-refractivity contribution in [1.29, 1.82) is 0 Å². The van der Waals surface area contributed by atoms with Crippen LogP contribution >= 0.6 is 11.6 Å². The van der Waals surface area contributed by atoms with Gasteiger partial charge in [-0.15, -0.1) is 0 Å². The molecule has 1 fully saturated rings. The molecule has 1 aliphatic rings. The van der Waals surface area contributed by atoms with E-state index >= 15 is 0 Å². The Kier molecular flexibility index (Phi) is 5.53. The summed E-state index contributed by atoms with van der Waals surface area (Å²) in [6, 6.07) is 19.3. The third-order valence-electron chi connectivity index (χ3n) is 5.00. The average molecular weight is 393 g/mol. The van der Waals surface area contributed by atoms with Crippen molar-refractivity contribution in [3.8, 4) is 11.3 Å². The Bertz CT molecular complexity index is 956. The Balaban J connectivity index is 1.38. The molecule has 4 rings (SSSR count). The molecular weight excluding hydrogens is 372 g/mol. The van der Waals surface area contributed by atoms with Crippen LogP contribution in [-0.4, -0.2) is 29.0 Å². The summed E-state index contributed by atoms with van der Waals surface area (Å²) in [5, 5.41) is 3.59. The second-order valence-electron chi connectivity index (χ2n) is 6.89. The third kappa shape index (κ3) is 4.31. The lowest BCUT2D eigenvalue weighted by Crippen LogP contribution is -2.38. The number of piperidine rings is 1. The van der Waals surface area contributed by atoms with Crippen molar-refractivity contribution in [2.75, 3.05) is 23.3 Å². The van der Waals surface area contributed by atoms with E-state index in [0.717, 1.165) is 48.7 Å². The van der Waals surface area contributed by atoms with Crippen LogP contribution in [0.1, 0.15) is 12.8 Å². The van der Waals surface area contributed by atoms with Crippen LogP contribution in [0.5, 0.6) is 0 Å². The van der Waals surface area contributed by atoms with Gasteiger partial charge in [-0.2, -0.15) is 0 Å². The number of aromatic nitrogens is 2. The Morgan fingerprint density at radius 3 is 2.54 bits per heavy atom. The molecule has 0 spiro atoms. The van der Waals surface area contributed by atoms with Crippen molar-refractivity contribution in [2.24, 2.45) is 5.92 Å². The molecule has 0 bridgehead atoms. The smallest absolute Gasteiger partial charge is 0.227 e. The SMILES string of the molecule is O=C(Nc1cccc(Cl)c1)C1CCN(c2cc(-c3ccccc3)ncn2)CC1. The van der Waals surface area contributed by atoms with Gasteiger partial charge >= 0.3 is 0 Å². The van der Waals surface area contributed by atoms with Gasteiger partial charge in [0.2, 0.25) is 5.91 Å². The summed E-state index contributed by atoms with van der Waals surface area (Å²) in [7, 11) is 0. The zero-order chi connectivity index (χ0) is 19.3. The highest BCUT2D eigenvalue weighted by Gasteiger charge is 2.26. The third-order valence-corrected chi connectivity index (χ3v) is 5.24. The molecule has 0 unspecified atom stereocenters. The number of carbonyl (C=O) groups is 1. The molecule has 1 N–H and O–H groups in total. The van der Waals surface area contributed by atoms with E-state index in [1.165, 1.54) is 0 Å². The molecule has 2 aromatic carbocycles. The zero-order valence-electron chi connectivity index (χ0n) is 15.4. The minimum Gasteiger partial charge on any atom is -0.356 e. The lowest BCUT2D eigenvalue weighted by atomic mass is 9.95. The van der Waals surface area contributed by atoms with Crippen LogP contribution in [0.4, 0.5) is 11.5 Å². The molecule has 1 aromatic heterocycles. The summed E-state index contributed by atoms with van der Waals surface area (Å²) in [6.07, 6.45) is 3.18. The van der Waals surface area contributed by atoms with Crippen LogP contribution in [0.15, 0.2) is 67.0 Å². The van der Waals surface area contributed by atoms with Gasteiger partial charge in [-0.05, 0) is 31.0 Å². The van der Waals surface area contributed by atoms with Gasteiger partial charge in [-0.1, -0.05) is 48.0 Å². The van der Waals surface area contributed by atoms with E-state index in [2.05, 4.69) is 20.2 Å². The minimum absolute atomic E-state index is 0.00865. The molecule has 5 nitrogen and oxygen atoms in total. The Morgan fingerprint density at radius 1 is 1.00 bits per heavy atom. The molecule has 1 saturated heterocycles. The number of benzene rings is 2. The standard InChI is InChI=1S/C22H21ClN4O/c23-18-7-4-8-19(13-18)26-22(28)17-9-11-27(12-10-17)21-14-20(24-15-25-21)16-5-2-1-3-6-16/h1-8,13-15,17H,9-12H2,(H,26,28). The van der Waals surface area contributed by atoms with Gasteiger partial charge in [0.1, 0.15) is 12.1 Å². The van der Waals surface area contributed by atoms with Gasteiger partial charge in [0.15, 0.2) is 0 Å². The van der Waals surface area contributed by atoms with Crippen LogP contribution in [0, 0.1) is 5.92 Å². The van der Waals surface area contributed by atoms with E-state index in [1.54, 1.807) is 18.5 Å². The first kappa shape index (κ1) is 18.4. The van der Waals surface area contributed by atoms with Crippen LogP contribution < -0.4 is 10.2 Å². The first-order chi connectivity index (χ1) is 13.7. The second-order valence-corrected chi connectivity index (χ2v) is 7.32. The average Bonchev–Trinajstić information content (AvgIpc) is 2.75. The lowest BCUT2D eigenvalue weighted by Gasteiger charge is -2.32. The van der Waals surface area contributed by atoms with Crippen LogP contribution in [0.2, 0.25) is 5.02 Å². The maximum atomic E-state index is 12.6. The summed E-state index contributed by atoms with van der Waals surface area (Å²) < 4.78 is 0. The van der Waals surface area contributed by atoms with Crippen LogP contribution in [-0.2, 0) is 4.79 Å². The molecule has 0 atom stereocenters. The van der Waals surface area contributed by atoms with E-state index in [4.69, 9.17) is 11.6 Å². The van der Waals surface area contributed by atoms with Crippen molar-refractivity contribution in [1.82, 2.24) is 9.97 Å². The molecule has 6 heteroatoms. The molecule has 0 saturated carbocycles. The number of hydrogen-bond donors (Lipinski definition) is 1. The van der Waals surface area contributed by atoms with E-state index in [-0.39, 0.29) is 11.8 Å². The Labute approximate surface area is 169 Å². The molecule has 3 aromatic rings. The number of amides is 1. The maximum Gasteiger partial charge on any atom is 0.227 e. The monoisotopic (exact) mass is 392 g/mol. The fourth-order valence-corrected chi connectivity index (χ4v) is 3.66. The molecule has 0 aliphatic carbocycles. The van der Waals surface area contributed by atoms with Crippen molar-refractivity contribution >= 4 is 29.0 Å². The molecular formula is C22H21ClN4O. The van der Waals surface area contributed by atoms with Crippen molar-refractivity contribution in [3.05, 3.63) is 72.0 Å². The topological polar surface area (TPSA) is 58.1 Å². The Hall–Kier alpha value is -2.92. The summed E-state index contributed by atoms with van der Waals surface area (Å²) in [6.45, 7) is 1.58. The van der Waals surface area contributed by atoms with Gasteiger partial charge in [-0.25, -0.2) is 9.97 Å². The van der Waals surface area contributed by atoms with Crippen molar-refractivity contribution < 1.29 is 4.79 Å². The number of anilines is 2. The largest absolute Gasteiger partial charge is 0.356 e. The van der Waals surface area contributed by atoms with E-state index in [0.29, 0.717) is 5.02 Å². The van der Waals surface area contributed by atoms with Gasteiger partial charge in [0, 0.05) is 41.3 Å². The van der Waals surface area contributed by atoms with Gasteiger partial charge in [-0.3, -0.25) is 4.79 Å². The zero-order valence-corrected chi connectivity index (χ0v) is 16.1. The summed E-state index contributed by atoms with van der Waals surface area (Å²) in [5.74, 6) is 0.947. The highest BCUT2D eigenvalue weighted by Crippen LogP contribution is 2.26. The normalized spacial score (nSPS) is 14.7. The molecule has 142 valence electrons. The molecule has 1 aliphatic heterocycles. The fraction of sp³-hybridized carbons (Fsp3) is 0.227. The Morgan fingerprint density at radius 2 is 1.79 bits per heavy atom. The highest BCUT2D eigenvalue weighted by atomic mass is 35.5. The first-order valence-corrected chi connectivity index (χ1v) is 9.76. The summed E-state index contributed by atoms with van der Waals surface area (Å²) in [5.41, 5.74) is 2.72.